The van der Waals surface area contributed by atoms with Crippen molar-refractivity contribution in [3.05, 3.63) is 59.7 Å². The summed E-state index contributed by atoms with van der Waals surface area (Å²) in [5, 5.41) is 3.06. The first-order valence-corrected chi connectivity index (χ1v) is 13.7. The van der Waals surface area contributed by atoms with Gasteiger partial charge in [0, 0.05) is 18.7 Å². The van der Waals surface area contributed by atoms with Crippen LogP contribution < -0.4 is 14.4 Å². The minimum absolute atomic E-state index is 0.116. The number of sulfonamides is 1. The molecule has 2 aromatic rings. The molecule has 0 saturated heterocycles. The molecule has 0 aliphatic heterocycles. The summed E-state index contributed by atoms with van der Waals surface area (Å²) in [6.45, 7) is 3.42. The second-order valence-corrected chi connectivity index (χ2v) is 11.1. The second-order valence-electron chi connectivity index (χ2n) is 9.14. The minimum atomic E-state index is -3.78. The number of aryl methyl sites for hydroxylation is 1. The lowest BCUT2D eigenvalue weighted by atomic mass is 10.1. The average Bonchev–Trinajstić information content (AvgIpc) is 3.33. The fourth-order valence-electron chi connectivity index (χ4n) is 4.24. The maximum atomic E-state index is 13.6. The topological polar surface area (TPSA) is 96.0 Å². The molecule has 0 radical (unpaired) electrons. The molecule has 1 N–H and O–H groups in total. The third-order valence-electron chi connectivity index (χ3n) is 6.36. The van der Waals surface area contributed by atoms with E-state index in [4.69, 9.17) is 4.74 Å². The third-order valence-corrected chi connectivity index (χ3v) is 7.50. The molecule has 1 saturated carbocycles. The summed E-state index contributed by atoms with van der Waals surface area (Å²) < 4.78 is 31.6. The Bertz CT molecular complexity index is 1130. The van der Waals surface area contributed by atoms with Crippen molar-refractivity contribution in [3.63, 3.8) is 0 Å². The lowest BCUT2D eigenvalue weighted by molar-refractivity contribution is -0.139. The van der Waals surface area contributed by atoms with Crippen molar-refractivity contribution < 1.29 is 22.7 Å². The lowest BCUT2D eigenvalue weighted by Gasteiger charge is -2.32. The van der Waals surface area contributed by atoms with Crippen molar-refractivity contribution in [1.82, 2.24) is 10.2 Å². The number of hydrogen-bond donors (Lipinski definition) is 1. The predicted octanol–water partition coefficient (Wildman–Crippen LogP) is 3.25. The number of nitrogens with one attached hydrogen (secondary N) is 1. The maximum absolute atomic E-state index is 13.6. The number of hydrogen-bond acceptors (Lipinski definition) is 5. The molecular weight excluding hydrogens is 466 g/mol. The van der Waals surface area contributed by atoms with E-state index in [1.165, 1.54) is 12.0 Å². The van der Waals surface area contributed by atoms with Crippen LogP contribution >= 0.6 is 0 Å². The summed E-state index contributed by atoms with van der Waals surface area (Å²) >= 11 is 0. The summed E-state index contributed by atoms with van der Waals surface area (Å²) in [5.41, 5.74) is 2.26. The molecule has 0 aromatic heterocycles. The van der Waals surface area contributed by atoms with Gasteiger partial charge in [0.15, 0.2) is 0 Å². The van der Waals surface area contributed by atoms with E-state index in [0.717, 1.165) is 47.4 Å². The van der Waals surface area contributed by atoms with Crippen molar-refractivity contribution >= 4 is 27.5 Å². The van der Waals surface area contributed by atoms with Gasteiger partial charge in [0.2, 0.25) is 21.8 Å². The van der Waals surface area contributed by atoms with Gasteiger partial charge in [-0.15, -0.1) is 0 Å². The second kappa shape index (κ2) is 11.6. The molecule has 190 valence electrons. The van der Waals surface area contributed by atoms with Gasteiger partial charge in [0.25, 0.3) is 0 Å². The van der Waals surface area contributed by atoms with E-state index < -0.39 is 28.5 Å². The quantitative estimate of drug-likeness (QED) is 0.539. The van der Waals surface area contributed by atoms with Crippen LogP contribution in [0.4, 0.5) is 5.69 Å². The number of ether oxygens (including phenoxy) is 1. The van der Waals surface area contributed by atoms with Crippen molar-refractivity contribution in [2.75, 3.05) is 24.2 Å². The average molecular weight is 502 g/mol. The molecule has 1 fully saturated rings. The summed E-state index contributed by atoms with van der Waals surface area (Å²) in [4.78, 5) is 28.1. The molecule has 1 aliphatic rings. The van der Waals surface area contributed by atoms with Crippen LogP contribution in [-0.4, -0.2) is 57.1 Å². The highest BCUT2D eigenvalue weighted by atomic mass is 32.2. The number of amides is 2. The van der Waals surface area contributed by atoms with Crippen molar-refractivity contribution in [3.8, 4) is 5.75 Å². The van der Waals surface area contributed by atoms with Crippen LogP contribution in [0.15, 0.2) is 48.5 Å². The summed E-state index contributed by atoms with van der Waals surface area (Å²) in [7, 11) is -2.30. The highest BCUT2D eigenvalue weighted by Crippen LogP contribution is 2.24. The van der Waals surface area contributed by atoms with Gasteiger partial charge in [0.1, 0.15) is 18.3 Å². The molecule has 1 unspecified atom stereocenters. The molecule has 9 heteroatoms. The Morgan fingerprint density at radius 3 is 2.37 bits per heavy atom. The summed E-state index contributed by atoms with van der Waals surface area (Å²) in [6, 6.07) is 13.6. The zero-order valence-corrected chi connectivity index (χ0v) is 21.7. The molecule has 0 heterocycles. The molecule has 8 nitrogen and oxygen atoms in total. The SMILES string of the molecule is COc1cccc(N(CC(=O)N(Cc2ccc(C)cc2)C(C)C(=O)NC2CCCC2)S(C)(=O)=O)c1. The molecule has 0 spiro atoms. The normalized spacial score (nSPS) is 14.9. The van der Waals surface area contributed by atoms with E-state index >= 15 is 0 Å². The molecule has 3 rings (SSSR count). The van der Waals surface area contributed by atoms with Gasteiger partial charge in [-0.2, -0.15) is 0 Å². The first kappa shape index (κ1) is 26.5. The number of carbonyl (C=O) groups is 2. The smallest absolute Gasteiger partial charge is 0.244 e. The predicted molar refractivity (Wildman–Crippen MR) is 137 cm³/mol. The van der Waals surface area contributed by atoms with Crippen LogP contribution in [-0.2, 0) is 26.2 Å². The Morgan fingerprint density at radius 2 is 1.77 bits per heavy atom. The van der Waals surface area contributed by atoms with Crippen LogP contribution in [0.2, 0.25) is 0 Å². The van der Waals surface area contributed by atoms with Gasteiger partial charge in [-0.05, 0) is 44.4 Å². The number of anilines is 1. The minimum Gasteiger partial charge on any atom is -0.497 e. The fraction of sp³-hybridized carbons (Fsp3) is 0.462. The molecule has 1 aliphatic carbocycles. The van der Waals surface area contributed by atoms with E-state index in [-0.39, 0.29) is 18.5 Å². The Hall–Kier alpha value is -3.07. The van der Waals surface area contributed by atoms with E-state index in [9.17, 15) is 18.0 Å². The highest BCUT2D eigenvalue weighted by molar-refractivity contribution is 7.92. The van der Waals surface area contributed by atoms with Gasteiger partial charge in [-0.1, -0.05) is 48.7 Å². The maximum Gasteiger partial charge on any atom is 0.244 e. The van der Waals surface area contributed by atoms with E-state index in [1.807, 2.05) is 31.2 Å². The zero-order chi connectivity index (χ0) is 25.6. The number of rotatable bonds is 10. The van der Waals surface area contributed by atoms with Crippen LogP contribution in [0.1, 0.15) is 43.7 Å². The molecular formula is C26H35N3O5S. The summed E-state index contributed by atoms with van der Waals surface area (Å²) in [6.07, 6.45) is 5.08. The Balaban J connectivity index is 1.88. The van der Waals surface area contributed by atoms with Gasteiger partial charge < -0.3 is 15.0 Å². The molecule has 35 heavy (non-hydrogen) atoms. The standard InChI is InChI=1S/C26H35N3O5S/c1-19-12-14-21(15-13-19)17-28(20(2)26(31)27-22-8-5-6-9-22)25(30)18-29(35(4,32)33)23-10-7-11-24(16-23)34-3/h7,10-16,20,22H,5-6,8-9,17-18H2,1-4H3,(H,27,31). The largest absolute Gasteiger partial charge is 0.497 e. The van der Waals surface area contributed by atoms with Crippen LogP contribution in [0, 0.1) is 6.92 Å². The van der Waals surface area contributed by atoms with E-state index in [2.05, 4.69) is 5.32 Å². The van der Waals surface area contributed by atoms with E-state index in [1.54, 1.807) is 31.2 Å². The molecule has 1 atom stereocenters. The Kier molecular flexibility index (Phi) is 8.77. The number of methoxy groups -OCH3 is 1. The van der Waals surface area contributed by atoms with E-state index in [0.29, 0.717) is 11.4 Å². The molecule has 2 aromatic carbocycles. The molecule has 2 amide bonds. The van der Waals surface area contributed by atoms with Crippen LogP contribution in [0.5, 0.6) is 5.75 Å². The number of carbonyl (C=O) groups excluding carboxylic acids is 2. The van der Waals surface area contributed by atoms with Gasteiger partial charge >= 0.3 is 0 Å². The summed E-state index contributed by atoms with van der Waals surface area (Å²) in [5.74, 6) is -0.220. The first-order chi connectivity index (χ1) is 16.6. The van der Waals surface area contributed by atoms with Crippen molar-refractivity contribution in [2.24, 2.45) is 0 Å². The fourth-order valence-corrected chi connectivity index (χ4v) is 5.09. The lowest BCUT2D eigenvalue weighted by Crippen LogP contribution is -2.52. The van der Waals surface area contributed by atoms with Gasteiger partial charge in [-0.3, -0.25) is 13.9 Å². The van der Waals surface area contributed by atoms with Crippen LogP contribution in [0.25, 0.3) is 0 Å². The molecule has 0 bridgehead atoms. The number of nitrogens with zero attached hydrogens (tertiary/aromatic N) is 2. The zero-order valence-electron chi connectivity index (χ0n) is 20.9. The monoisotopic (exact) mass is 501 g/mol. The Morgan fingerprint density at radius 1 is 1.11 bits per heavy atom. The third kappa shape index (κ3) is 7.21. The van der Waals surface area contributed by atoms with Gasteiger partial charge in [-0.25, -0.2) is 8.42 Å². The van der Waals surface area contributed by atoms with Gasteiger partial charge in [0.05, 0.1) is 19.1 Å². The van der Waals surface area contributed by atoms with Crippen molar-refractivity contribution in [1.29, 1.82) is 0 Å². The number of benzene rings is 2. The van der Waals surface area contributed by atoms with Crippen LogP contribution in [0.3, 0.4) is 0 Å². The highest BCUT2D eigenvalue weighted by Gasteiger charge is 2.31. The first-order valence-electron chi connectivity index (χ1n) is 11.9. The van der Waals surface area contributed by atoms with Crippen molar-refractivity contribution in [2.45, 2.75) is 58.2 Å². The Labute approximate surface area is 208 Å².